The molecule has 0 saturated carbocycles. The highest BCUT2D eigenvalue weighted by Gasteiger charge is 2.01. The van der Waals surface area contributed by atoms with Gasteiger partial charge in [0.15, 0.2) is 5.69 Å². The molecule has 2 N–H and O–H groups in total. The molecule has 0 unspecified atom stereocenters. The summed E-state index contributed by atoms with van der Waals surface area (Å²) in [6.45, 7) is 2.58. The van der Waals surface area contributed by atoms with E-state index in [0.717, 1.165) is 11.3 Å². The fraction of sp³-hybridized carbons (Fsp3) is 0.200. The summed E-state index contributed by atoms with van der Waals surface area (Å²) in [5.41, 5.74) is 2.41. The molecule has 0 spiro atoms. The van der Waals surface area contributed by atoms with Crippen molar-refractivity contribution in [2.24, 2.45) is 0 Å². The molecular weight excluding hydrogens is 204 g/mol. The third-order valence-corrected chi connectivity index (χ3v) is 2.16. The Balaban J connectivity index is 2.00. The minimum absolute atomic E-state index is 0.310. The Bertz CT molecular complexity index is 507. The molecule has 0 saturated heterocycles. The van der Waals surface area contributed by atoms with Gasteiger partial charge < -0.3 is 5.32 Å². The van der Waals surface area contributed by atoms with Crippen molar-refractivity contribution in [3.63, 3.8) is 0 Å². The fourth-order valence-corrected chi connectivity index (χ4v) is 1.22. The summed E-state index contributed by atoms with van der Waals surface area (Å²) in [4.78, 5) is 7.96. The largest absolute Gasteiger partial charge is 0.365 e. The Morgan fingerprint density at radius 1 is 1.38 bits per heavy atom. The maximum absolute atomic E-state index is 8.56. The molecule has 2 aromatic heterocycles. The minimum Gasteiger partial charge on any atom is -0.365 e. The smallest absolute Gasteiger partial charge is 0.158 e. The fourth-order valence-electron chi connectivity index (χ4n) is 1.22. The number of nitrogens with one attached hydrogen (secondary N) is 2. The van der Waals surface area contributed by atoms with Gasteiger partial charge in [-0.1, -0.05) is 0 Å². The zero-order valence-electron chi connectivity index (χ0n) is 8.73. The molecule has 0 radical (unpaired) electrons. The molecule has 2 heterocycles. The maximum atomic E-state index is 8.56. The molecular formula is C10H10N6. The lowest BCUT2D eigenvalue weighted by atomic mass is 10.3. The van der Waals surface area contributed by atoms with Gasteiger partial charge in [0.25, 0.3) is 0 Å². The Hall–Kier alpha value is -2.42. The van der Waals surface area contributed by atoms with Crippen LogP contribution in [0.3, 0.4) is 0 Å². The standard InChI is InChI=1S/C10H10N6/c1-7-8(4-15-16-7)3-13-10-6-12-9(2-11)5-14-10/h4-6H,3H2,1H3,(H,13,14)(H,15,16). The topological polar surface area (TPSA) is 90.3 Å². The van der Waals surface area contributed by atoms with Crippen LogP contribution in [0.2, 0.25) is 0 Å². The average molecular weight is 214 g/mol. The summed E-state index contributed by atoms with van der Waals surface area (Å²) < 4.78 is 0. The maximum Gasteiger partial charge on any atom is 0.158 e. The first kappa shape index (κ1) is 10.1. The van der Waals surface area contributed by atoms with Crippen LogP contribution >= 0.6 is 0 Å². The highest BCUT2D eigenvalue weighted by Crippen LogP contribution is 2.06. The first-order chi connectivity index (χ1) is 7.79. The van der Waals surface area contributed by atoms with Crippen molar-refractivity contribution in [3.05, 3.63) is 35.5 Å². The summed E-state index contributed by atoms with van der Waals surface area (Å²) >= 11 is 0. The van der Waals surface area contributed by atoms with E-state index in [4.69, 9.17) is 5.26 Å². The van der Waals surface area contributed by atoms with Gasteiger partial charge in [0.1, 0.15) is 11.9 Å². The second kappa shape index (κ2) is 4.40. The van der Waals surface area contributed by atoms with E-state index in [1.54, 1.807) is 6.20 Å². The molecule has 0 aliphatic heterocycles. The molecule has 80 valence electrons. The van der Waals surface area contributed by atoms with E-state index in [1.165, 1.54) is 12.4 Å². The van der Waals surface area contributed by atoms with Crippen LogP contribution in [-0.2, 0) is 6.54 Å². The van der Waals surface area contributed by atoms with E-state index in [2.05, 4.69) is 25.5 Å². The number of hydrogen-bond donors (Lipinski definition) is 2. The third-order valence-electron chi connectivity index (χ3n) is 2.16. The molecule has 0 fully saturated rings. The molecule has 2 rings (SSSR count). The first-order valence-corrected chi connectivity index (χ1v) is 4.74. The van der Waals surface area contributed by atoms with Crippen LogP contribution in [-0.4, -0.2) is 20.2 Å². The monoisotopic (exact) mass is 214 g/mol. The Morgan fingerprint density at radius 2 is 2.25 bits per heavy atom. The molecule has 2 aromatic rings. The molecule has 6 nitrogen and oxygen atoms in total. The number of anilines is 1. The number of aromatic amines is 1. The first-order valence-electron chi connectivity index (χ1n) is 4.74. The number of aromatic nitrogens is 4. The molecule has 0 aliphatic carbocycles. The Labute approximate surface area is 92.4 Å². The second-order valence-electron chi connectivity index (χ2n) is 3.27. The van der Waals surface area contributed by atoms with E-state index in [1.807, 2.05) is 13.0 Å². The lowest BCUT2D eigenvalue weighted by molar-refractivity contribution is 1.03. The number of nitrogens with zero attached hydrogens (tertiary/aromatic N) is 4. The van der Waals surface area contributed by atoms with Crippen molar-refractivity contribution in [1.29, 1.82) is 5.26 Å². The summed E-state index contributed by atoms with van der Waals surface area (Å²) in [7, 11) is 0. The van der Waals surface area contributed by atoms with Gasteiger partial charge >= 0.3 is 0 Å². The SMILES string of the molecule is Cc1[nH]ncc1CNc1cnc(C#N)cn1. The number of H-pyrrole nitrogens is 1. The van der Waals surface area contributed by atoms with Crippen LogP contribution in [0.5, 0.6) is 0 Å². The molecule has 0 atom stereocenters. The summed E-state index contributed by atoms with van der Waals surface area (Å²) in [5, 5.41) is 18.4. The van der Waals surface area contributed by atoms with Crippen LogP contribution in [0.25, 0.3) is 0 Å². The average Bonchev–Trinajstić information content (AvgIpc) is 2.73. The summed E-state index contributed by atoms with van der Waals surface area (Å²) in [6, 6.07) is 1.92. The minimum atomic E-state index is 0.310. The van der Waals surface area contributed by atoms with E-state index >= 15 is 0 Å². The van der Waals surface area contributed by atoms with E-state index < -0.39 is 0 Å². The van der Waals surface area contributed by atoms with Crippen molar-refractivity contribution in [2.75, 3.05) is 5.32 Å². The van der Waals surface area contributed by atoms with Gasteiger partial charge in [0.05, 0.1) is 18.6 Å². The number of hydrogen-bond acceptors (Lipinski definition) is 5. The zero-order valence-corrected chi connectivity index (χ0v) is 8.73. The molecule has 6 heteroatoms. The molecule has 0 aromatic carbocycles. The normalized spacial score (nSPS) is 9.75. The van der Waals surface area contributed by atoms with E-state index in [0.29, 0.717) is 18.1 Å². The van der Waals surface area contributed by atoms with Gasteiger partial charge in [-0.15, -0.1) is 0 Å². The summed E-state index contributed by atoms with van der Waals surface area (Å²) in [6.07, 6.45) is 4.73. The highest BCUT2D eigenvalue weighted by molar-refractivity contribution is 5.34. The van der Waals surface area contributed by atoms with Gasteiger partial charge in [0.2, 0.25) is 0 Å². The van der Waals surface area contributed by atoms with Crippen LogP contribution < -0.4 is 5.32 Å². The van der Waals surface area contributed by atoms with Crippen molar-refractivity contribution >= 4 is 5.82 Å². The molecule has 0 bridgehead atoms. The van der Waals surface area contributed by atoms with E-state index in [9.17, 15) is 0 Å². The summed E-state index contributed by atoms with van der Waals surface area (Å²) in [5.74, 6) is 0.639. The van der Waals surface area contributed by atoms with Crippen molar-refractivity contribution in [1.82, 2.24) is 20.2 Å². The molecule has 16 heavy (non-hydrogen) atoms. The Morgan fingerprint density at radius 3 is 2.81 bits per heavy atom. The lowest BCUT2D eigenvalue weighted by Gasteiger charge is -2.03. The van der Waals surface area contributed by atoms with Gasteiger partial charge in [-0.05, 0) is 6.92 Å². The highest BCUT2D eigenvalue weighted by atomic mass is 15.1. The molecule has 0 amide bonds. The van der Waals surface area contributed by atoms with Crippen LogP contribution in [0.4, 0.5) is 5.82 Å². The van der Waals surface area contributed by atoms with E-state index in [-0.39, 0.29) is 0 Å². The van der Waals surface area contributed by atoms with Crippen molar-refractivity contribution in [2.45, 2.75) is 13.5 Å². The van der Waals surface area contributed by atoms with Crippen molar-refractivity contribution in [3.8, 4) is 6.07 Å². The number of rotatable bonds is 3. The third kappa shape index (κ3) is 2.15. The van der Waals surface area contributed by atoms with Gasteiger partial charge in [-0.3, -0.25) is 5.10 Å². The zero-order chi connectivity index (χ0) is 11.4. The molecule has 0 aliphatic rings. The second-order valence-corrected chi connectivity index (χ2v) is 3.27. The van der Waals surface area contributed by atoms with Crippen molar-refractivity contribution < 1.29 is 0 Å². The van der Waals surface area contributed by atoms with Crippen LogP contribution in [0, 0.1) is 18.3 Å². The number of aryl methyl sites for hydroxylation is 1. The lowest BCUT2D eigenvalue weighted by Crippen LogP contribution is -2.02. The predicted molar refractivity (Wildman–Crippen MR) is 57.4 cm³/mol. The quantitative estimate of drug-likeness (QED) is 0.795. The predicted octanol–water partition coefficient (Wildman–Crippen LogP) is 0.992. The van der Waals surface area contributed by atoms with Gasteiger partial charge in [-0.2, -0.15) is 10.4 Å². The van der Waals surface area contributed by atoms with Gasteiger partial charge in [-0.25, -0.2) is 9.97 Å². The Kier molecular flexibility index (Phi) is 2.78. The van der Waals surface area contributed by atoms with Crippen LogP contribution in [0.15, 0.2) is 18.6 Å². The van der Waals surface area contributed by atoms with Crippen LogP contribution in [0.1, 0.15) is 17.0 Å². The number of nitriles is 1. The van der Waals surface area contributed by atoms with Gasteiger partial charge in [0, 0.05) is 17.8 Å².